The summed E-state index contributed by atoms with van der Waals surface area (Å²) in [5.74, 6) is 0. The molecule has 0 aliphatic carbocycles. The molecule has 0 spiro atoms. The lowest BCUT2D eigenvalue weighted by Crippen LogP contribution is -2.33. The largest absolute Gasteiger partial charge is 0.378 e. The molecule has 0 radical (unpaired) electrons. The summed E-state index contributed by atoms with van der Waals surface area (Å²) in [7, 11) is -3.73. The molecule has 0 bridgehead atoms. The zero-order valence-electron chi connectivity index (χ0n) is 5.86. The fourth-order valence-corrected chi connectivity index (χ4v) is 1.19. The molecule has 0 fully saturated rings. The predicted molar refractivity (Wildman–Crippen MR) is 35.4 cm³/mol. The van der Waals surface area contributed by atoms with Crippen molar-refractivity contribution < 1.29 is 17.7 Å². The number of nitrogens with one attached hydrogen (secondary N) is 1. The fourth-order valence-electron chi connectivity index (χ4n) is 0.398. The summed E-state index contributed by atoms with van der Waals surface area (Å²) in [5, 5.41) is 8.54. The molecule has 2 N–H and O–H groups in total. The number of hydrogen-bond acceptors (Lipinski definition) is 4. The maximum absolute atomic E-state index is 10.5. The van der Waals surface area contributed by atoms with Gasteiger partial charge in [0.05, 0.1) is 6.61 Å². The van der Waals surface area contributed by atoms with E-state index in [4.69, 9.17) is 5.11 Å². The van der Waals surface area contributed by atoms with Crippen molar-refractivity contribution >= 4 is 10.3 Å². The van der Waals surface area contributed by atoms with Crippen LogP contribution < -0.4 is 4.72 Å². The smallest absolute Gasteiger partial charge is 0.337 e. The fraction of sp³-hybridized carbons (Fsp3) is 1.00. The van der Waals surface area contributed by atoms with Crippen molar-refractivity contribution in [1.82, 2.24) is 4.72 Å². The molecular weight excluding hydrogens is 158 g/mol. The molecule has 0 aromatic carbocycles. The molecule has 1 atom stereocenters. The third-order valence-electron chi connectivity index (χ3n) is 0.588. The second-order valence-electron chi connectivity index (χ2n) is 1.65. The Labute approximate surface area is 60.3 Å². The molecular formula is C4H11NO4S. The second-order valence-corrected chi connectivity index (χ2v) is 3.03. The first-order valence-electron chi connectivity index (χ1n) is 2.82. The van der Waals surface area contributed by atoms with Crippen LogP contribution in [0.25, 0.3) is 0 Å². The maximum atomic E-state index is 10.5. The molecule has 0 saturated heterocycles. The summed E-state index contributed by atoms with van der Waals surface area (Å²) < 4.78 is 27.2. The van der Waals surface area contributed by atoms with Gasteiger partial charge in [-0.05, 0) is 13.8 Å². The Morgan fingerprint density at radius 1 is 1.70 bits per heavy atom. The van der Waals surface area contributed by atoms with Crippen molar-refractivity contribution in [3.8, 4) is 0 Å². The second kappa shape index (κ2) is 3.87. The van der Waals surface area contributed by atoms with Gasteiger partial charge < -0.3 is 5.11 Å². The topological polar surface area (TPSA) is 75.6 Å². The van der Waals surface area contributed by atoms with Gasteiger partial charge in [-0.3, -0.25) is 4.18 Å². The molecule has 0 rings (SSSR count). The van der Waals surface area contributed by atoms with Crippen LogP contribution in [-0.2, 0) is 14.5 Å². The van der Waals surface area contributed by atoms with E-state index in [1.165, 1.54) is 6.92 Å². The lowest BCUT2D eigenvalue weighted by atomic mass is 10.7. The van der Waals surface area contributed by atoms with Crippen molar-refractivity contribution in [3.05, 3.63) is 0 Å². The Balaban J connectivity index is 3.89. The van der Waals surface area contributed by atoms with Crippen LogP contribution in [-0.4, -0.2) is 26.4 Å². The van der Waals surface area contributed by atoms with Crippen LogP contribution in [0, 0.1) is 0 Å². The highest BCUT2D eigenvalue weighted by molar-refractivity contribution is 7.84. The normalized spacial score (nSPS) is 15.1. The number of aliphatic hydroxyl groups is 1. The average molecular weight is 169 g/mol. The van der Waals surface area contributed by atoms with Crippen LogP contribution in [0.1, 0.15) is 13.8 Å². The maximum Gasteiger partial charge on any atom is 0.337 e. The molecule has 0 aliphatic heterocycles. The Kier molecular flexibility index (Phi) is 3.80. The lowest BCUT2D eigenvalue weighted by molar-refractivity contribution is 0.175. The van der Waals surface area contributed by atoms with E-state index >= 15 is 0 Å². The first-order valence-corrected chi connectivity index (χ1v) is 4.23. The van der Waals surface area contributed by atoms with Crippen LogP contribution in [0.5, 0.6) is 0 Å². The van der Waals surface area contributed by atoms with E-state index in [1.54, 1.807) is 6.92 Å². The monoisotopic (exact) mass is 169 g/mol. The van der Waals surface area contributed by atoms with E-state index < -0.39 is 16.5 Å². The van der Waals surface area contributed by atoms with Crippen LogP contribution >= 0.6 is 0 Å². The minimum Gasteiger partial charge on any atom is -0.378 e. The highest BCUT2D eigenvalue weighted by Gasteiger charge is 2.10. The number of aliphatic hydroxyl groups excluding tert-OH is 1. The SMILES string of the molecule is CCOS(=O)(=O)NC(C)O. The minimum atomic E-state index is -3.73. The van der Waals surface area contributed by atoms with Gasteiger partial charge in [0.2, 0.25) is 0 Å². The van der Waals surface area contributed by atoms with Crippen molar-refractivity contribution in [2.24, 2.45) is 0 Å². The van der Waals surface area contributed by atoms with E-state index in [0.717, 1.165) is 0 Å². The Morgan fingerprint density at radius 2 is 2.20 bits per heavy atom. The zero-order valence-corrected chi connectivity index (χ0v) is 6.68. The molecule has 0 aromatic rings. The van der Waals surface area contributed by atoms with E-state index in [1.807, 2.05) is 4.72 Å². The quantitative estimate of drug-likeness (QED) is 0.540. The summed E-state index contributed by atoms with van der Waals surface area (Å²) in [4.78, 5) is 0. The van der Waals surface area contributed by atoms with Crippen molar-refractivity contribution in [2.75, 3.05) is 6.61 Å². The third kappa shape index (κ3) is 4.68. The van der Waals surface area contributed by atoms with Crippen molar-refractivity contribution in [1.29, 1.82) is 0 Å². The summed E-state index contributed by atoms with van der Waals surface area (Å²) in [6.07, 6.45) is -1.11. The van der Waals surface area contributed by atoms with Gasteiger partial charge in [0.1, 0.15) is 6.23 Å². The van der Waals surface area contributed by atoms with Crippen molar-refractivity contribution in [3.63, 3.8) is 0 Å². The molecule has 10 heavy (non-hydrogen) atoms. The highest BCUT2D eigenvalue weighted by atomic mass is 32.2. The first-order chi connectivity index (χ1) is 4.48. The lowest BCUT2D eigenvalue weighted by Gasteiger charge is -2.06. The van der Waals surface area contributed by atoms with E-state index in [2.05, 4.69) is 4.18 Å². The molecule has 0 heterocycles. The van der Waals surface area contributed by atoms with Gasteiger partial charge in [0, 0.05) is 0 Å². The molecule has 1 unspecified atom stereocenters. The third-order valence-corrected chi connectivity index (χ3v) is 1.76. The molecule has 6 heteroatoms. The van der Waals surface area contributed by atoms with Gasteiger partial charge in [0.15, 0.2) is 0 Å². The van der Waals surface area contributed by atoms with Gasteiger partial charge in [0.25, 0.3) is 0 Å². The minimum absolute atomic E-state index is 0.0576. The van der Waals surface area contributed by atoms with E-state index in [-0.39, 0.29) is 6.61 Å². The van der Waals surface area contributed by atoms with Gasteiger partial charge in [-0.2, -0.15) is 13.1 Å². The van der Waals surface area contributed by atoms with Crippen LogP contribution in [0.3, 0.4) is 0 Å². The van der Waals surface area contributed by atoms with Crippen molar-refractivity contribution in [2.45, 2.75) is 20.1 Å². The average Bonchev–Trinajstić information content (AvgIpc) is 1.59. The molecule has 5 nitrogen and oxygen atoms in total. The van der Waals surface area contributed by atoms with Crippen LogP contribution in [0.2, 0.25) is 0 Å². The molecule has 0 aliphatic rings. The van der Waals surface area contributed by atoms with Gasteiger partial charge >= 0.3 is 10.3 Å². The van der Waals surface area contributed by atoms with Gasteiger partial charge in [-0.15, -0.1) is 0 Å². The Morgan fingerprint density at radius 3 is 2.50 bits per heavy atom. The van der Waals surface area contributed by atoms with Gasteiger partial charge in [-0.1, -0.05) is 0 Å². The molecule has 62 valence electrons. The molecule has 0 saturated carbocycles. The van der Waals surface area contributed by atoms with Crippen LogP contribution in [0.15, 0.2) is 0 Å². The van der Waals surface area contributed by atoms with E-state index in [9.17, 15) is 8.42 Å². The summed E-state index contributed by atoms with van der Waals surface area (Å²) in [6, 6.07) is 0. The highest BCUT2D eigenvalue weighted by Crippen LogP contribution is 1.87. The number of hydrogen-bond donors (Lipinski definition) is 2. The zero-order chi connectivity index (χ0) is 8.20. The first kappa shape index (κ1) is 9.83. The van der Waals surface area contributed by atoms with Crippen LogP contribution in [0.4, 0.5) is 0 Å². The van der Waals surface area contributed by atoms with Gasteiger partial charge in [-0.25, -0.2) is 0 Å². The Hall–Kier alpha value is -0.170. The number of rotatable bonds is 4. The summed E-state index contributed by atoms with van der Waals surface area (Å²) >= 11 is 0. The standard InChI is InChI=1S/C4H11NO4S/c1-3-9-10(7,8)5-4(2)6/h4-6H,3H2,1-2H3. The summed E-state index contributed by atoms with van der Waals surface area (Å²) in [6.45, 7) is 2.89. The summed E-state index contributed by atoms with van der Waals surface area (Å²) in [5.41, 5.74) is 0. The van der Waals surface area contributed by atoms with E-state index in [0.29, 0.717) is 0 Å². The Bertz CT molecular complexity index is 174. The molecule has 0 aromatic heterocycles. The molecule has 0 amide bonds. The predicted octanol–water partition coefficient (Wildman–Crippen LogP) is -0.804.